The van der Waals surface area contributed by atoms with E-state index < -0.39 is 0 Å². The van der Waals surface area contributed by atoms with E-state index >= 15 is 0 Å². The minimum atomic E-state index is 0.706. The Morgan fingerprint density at radius 2 is 0.917 bits per heavy atom. The van der Waals surface area contributed by atoms with Crippen LogP contribution < -0.4 is 0 Å². The van der Waals surface area contributed by atoms with Crippen molar-refractivity contribution < 1.29 is 0 Å². The monoisotopic (exact) mass is 611 g/mol. The van der Waals surface area contributed by atoms with E-state index in [-0.39, 0.29) is 0 Å². The maximum atomic E-state index is 5.23. The quantitative estimate of drug-likeness (QED) is 0.182. The van der Waals surface area contributed by atoms with Crippen LogP contribution in [0.5, 0.6) is 0 Å². The molecule has 9 aromatic rings. The summed E-state index contributed by atoms with van der Waals surface area (Å²) in [5.41, 5.74) is 9.53. The minimum Gasteiger partial charge on any atom is -0.264 e. The van der Waals surface area contributed by atoms with Gasteiger partial charge in [0.2, 0.25) is 0 Å². The number of pyridine rings is 1. The molecule has 7 aromatic carbocycles. The fourth-order valence-corrected chi connectivity index (χ4v) is 6.88. The van der Waals surface area contributed by atoms with Crippen LogP contribution in [0.1, 0.15) is 0 Å². The van der Waals surface area contributed by atoms with Crippen molar-refractivity contribution in [2.75, 3.05) is 0 Å². The van der Waals surface area contributed by atoms with Crippen LogP contribution in [0.3, 0.4) is 0 Å². The summed E-state index contributed by atoms with van der Waals surface area (Å²) < 4.78 is 0. The first-order valence-corrected chi connectivity index (χ1v) is 16.2. The van der Waals surface area contributed by atoms with Gasteiger partial charge in [-0.1, -0.05) is 140 Å². The smallest absolute Gasteiger partial charge is 0.160 e. The molecule has 0 saturated heterocycles. The van der Waals surface area contributed by atoms with E-state index in [4.69, 9.17) is 9.97 Å². The van der Waals surface area contributed by atoms with Crippen LogP contribution in [0.4, 0.5) is 0 Å². The van der Waals surface area contributed by atoms with Gasteiger partial charge in [-0.3, -0.25) is 4.98 Å². The van der Waals surface area contributed by atoms with E-state index in [9.17, 15) is 0 Å². The molecule has 0 aliphatic carbocycles. The lowest BCUT2D eigenvalue weighted by Crippen LogP contribution is -1.97. The van der Waals surface area contributed by atoms with Gasteiger partial charge in [0.05, 0.1) is 11.4 Å². The summed E-state index contributed by atoms with van der Waals surface area (Å²) in [5, 5.41) is 7.15. The van der Waals surface area contributed by atoms with Crippen LogP contribution in [-0.4, -0.2) is 15.0 Å². The summed E-state index contributed by atoms with van der Waals surface area (Å²) in [5.74, 6) is 0.706. The second-order valence-corrected chi connectivity index (χ2v) is 12.0. The highest BCUT2D eigenvalue weighted by Crippen LogP contribution is 2.40. The zero-order valence-corrected chi connectivity index (χ0v) is 26.1. The molecule has 0 unspecified atom stereocenters. The number of nitrogens with zero attached hydrogens (tertiary/aromatic N) is 3. The molecule has 0 aliphatic rings. The molecule has 0 radical (unpaired) electrons. The zero-order valence-electron chi connectivity index (χ0n) is 26.1. The fourth-order valence-electron chi connectivity index (χ4n) is 6.88. The van der Waals surface area contributed by atoms with Gasteiger partial charge in [0.25, 0.3) is 0 Å². The number of benzene rings is 7. The van der Waals surface area contributed by atoms with Gasteiger partial charge in [-0.05, 0) is 73.3 Å². The highest BCUT2D eigenvalue weighted by molar-refractivity contribution is 6.14. The molecule has 0 bridgehead atoms. The van der Waals surface area contributed by atoms with Crippen molar-refractivity contribution in [1.29, 1.82) is 0 Å². The molecular formula is C45H29N3. The van der Waals surface area contributed by atoms with E-state index in [0.29, 0.717) is 5.82 Å². The lowest BCUT2D eigenvalue weighted by Gasteiger charge is -2.15. The minimum absolute atomic E-state index is 0.706. The predicted octanol–water partition coefficient (Wildman–Crippen LogP) is 11.7. The number of hydrogen-bond donors (Lipinski definition) is 0. The molecule has 0 N–H and O–H groups in total. The summed E-state index contributed by atoms with van der Waals surface area (Å²) >= 11 is 0. The number of fused-ring (bicyclic) bond motifs is 4. The van der Waals surface area contributed by atoms with Gasteiger partial charge in [0, 0.05) is 34.6 Å². The average Bonchev–Trinajstić information content (AvgIpc) is 3.17. The predicted molar refractivity (Wildman–Crippen MR) is 200 cm³/mol. The molecule has 224 valence electrons. The second-order valence-electron chi connectivity index (χ2n) is 12.0. The largest absolute Gasteiger partial charge is 0.264 e. The van der Waals surface area contributed by atoms with Crippen LogP contribution in [0.15, 0.2) is 176 Å². The SMILES string of the molecule is c1ccc(-c2nc(-c3ccc(-c4cccc(-c5cccnc5)c4)c4ccccc34)cc(-c3cc4ccccc4c4ccccc34)n2)cc1. The maximum absolute atomic E-state index is 5.23. The molecule has 9 rings (SSSR count). The van der Waals surface area contributed by atoms with Crippen LogP contribution in [0.25, 0.3) is 88.5 Å². The summed E-state index contributed by atoms with van der Waals surface area (Å²) in [6, 6.07) is 57.8. The lowest BCUT2D eigenvalue weighted by molar-refractivity contribution is 1.19. The number of aromatic nitrogens is 3. The summed E-state index contributed by atoms with van der Waals surface area (Å²) in [6.45, 7) is 0. The third kappa shape index (κ3) is 4.90. The molecule has 0 fully saturated rings. The standard InChI is InChI=1S/C45H29N3/c1-2-12-30(13-3-1)45-47-43(28-44(48-45)42-27-33-14-4-5-18-35(33)37-19-7-9-22-40(37)42)41-24-23-36(38-20-6-8-21-39(38)41)32-16-10-15-31(26-32)34-17-11-25-46-29-34/h1-29H. The Labute approximate surface area is 278 Å². The molecule has 0 aliphatic heterocycles. The third-order valence-electron chi connectivity index (χ3n) is 9.17. The first kappa shape index (κ1) is 27.8. The Morgan fingerprint density at radius 1 is 0.333 bits per heavy atom. The molecule has 3 heteroatoms. The summed E-state index contributed by atoms with van der Waals surface area (Å²) in [4.78, 5) is 14.8. The van der Waals surface area contributed by atoms with Crippen LogP contribution in [0, 0.1) is 0 Å². The molecule has 0 atom stereocenters. The number of hydrogen-bond acceptors (Lipinski definition) is 3. The Morgan fingerprint density at radius 3 is 1.69 bits per heavy atom. The first-order chi connectivity index (χ1) is 23.8. The molecular weight excluding hydrogens is 583 g/mol. The molecule has 2 heterocycles. The number of rotatable bonds is 5. The Balaban J connectivity index is 1.27. The van der Waals surface area contributed by atoms with E-state index in [0.717, 1.165) is 50.2 Å². The van der Waals surface area contributed by atoms with E-state index in [1.807, 2.05) is 36.7 Å². The summed E-state index contributed by atoms with van der Waals surface area (Å²) in [6.07, 6.45) is 3.72. The van der Waals surface area contributed by atoms with Gasteiger partial charge in [0.15, 0.2) is 5.82 Å². The van der Waals surface area contributed by atoms with Crippen LogP contribution >= 0.6 is 0 Å². The van der Waals surface area contributed by atoms with Gasteiger partial charge in [-0.15, -0.1) is 0 Å². The highest BCUT2D eigenvalue weighted by atomic mass is 14.9. The van der Waals surface area contributed by atoms with Gasteiger partial charge < -0.3 is 0 Å². The van der Waals surface area contributed by atoms with E-state index in [1.54, 1.807) is 0 Å². The van der Waals surface area contributed by atoms with E-state index in [2.05, 4.69) is 145 Å². The molecule has 0 saturated carbocycles. The molecule has 0 amide bonds. The molecule has 0 spiro atoms. The van der Waals surface area contributed by atoms with Gasteiger partial charge in [-0.2, -0.15) is 0 Å². The first-order valence-electron chi connectivity index (χ1n) is 16.2. The van der Waals surface area contributed by atoms with Crippen molar-refractivity contribution in [3.8, 4) is 56.2 Å². The van der Waals surface area contributed by atoms with Crippen LogP contribution in [0.2, 0.25) is 0 Å². The normalized spacial score (nSPS) is 11.3. The summed E-state index contributed by atoms with van der Waals surface area (Å²) in [7, 11) is 0. The fraction of sp³-hybridized carbons (Fsp3) is 0. The van der Waals surface area contributed by atoms with Crippen molar-refractivity contribution in [2.45, 2.75) is 0 Å². The van der Waals surface area contributed by atoms with Gasteiger partial charge in [-0.25, -0.2) is 9.97 Å². The lowest BCUT2D eigenvalue weighted by atomic mass is 9.91. The molecule has 2 aromatic heterocycles. The van der Waals surface area contributed by atoms with Crippen molar-refractivity contribution >= 4 is 32.3 Å². The van der Waals surface area contributed by atoms with E-state index in [1.165, 1.54) is 32.5 Å². The highest BCUT2D eigenvalue weighted by Gasteiger charge is 2.17. The molecule has 48 heavy (non-hydrogen) atoms. The zero-order chi connectivity index (χ0) is 31.9. The third-order valence-corrected chi connectivity index (χ3v) is 9.17. The van der Waals surface area contributed by atoms with Crippen molar-refractivity contribution in [3.05, 3.63) is 176 Å². The average molecular weight is 612 g/mol. The molecule has 3 nitrogen and oxygen atoms in total. The maximum Gasteiger partial charge on any atom is 0.160 e. The van der Waals surface area contributed by atoms with Crippen molar-refractivity contribution in [3.63, 3.8) is 0 Å². The van der Waals surface area contributed by atoms with Crippen LogP contribution in [-0.2, 0) is 0 Å². The van der Waals surface area contributed by atoms with Crippen molar-refractivity contribution in [1.82, 2.24) is 15.0 Å². The Kier molecular flexibility index (Phi) is 6.80. The van der Waals surface area contributed by atoms with Gasteiger partial charge >= 0.3 is 0 Å². The van der Waals surface area contributed by atoms with Gasteiger partial charge in [0.1, 0.15) is 0 Å². The Bertz CT molecular complexity index is 2610. The van der Waals surface area contributed by atoms with Crippen molar-refractivity contribution in [2.24, 2.45) is 0 Å². The second kappa shape index (κ2) is 11.7. The Hall–Kier alpha value is -6.45. The topological polar surface area (TPSA) is 38.7 Å².